The summed E-state index contributed by atoms with van der Waals surface area (Å²) in [5, 5.41) is 3.30. The Kier molecular flexibility index (Phi) is 7.29. The molecule has 0 aliphatic carbocycles. The largest absolute Gasteiger partial charge is 0.385 e. The Morgan fingerprint density at radius 2 is 1.93 bits per heavy atom. The van der Waals surface area contributed by atoms with Crippen LogP contribution in [0.2, 0.25) is 0 Å². The van der Waals surface area contributed by atoms with Crippen molar-refractivity contribution in [3.63, 3.8) is 0 Å². The molecule has 8 heteroatoms. The zero-order valence-electron chi connectivity index (χ0n) is 16.9. The van der Waals surface area contributed by atoms with Crippen molar-refractivity contribution < 1.29 is 23.9 Å². The summed E-state index contributed by atoms with van der Waals surface area (Å²) in [4.78, 5) is 40.6. The topological polar surface area (TPSA) is 88.2 Å². The van der Waals surface area contributed by atoms with E-state index in [-0.39, 0.29) is 35.7 Å². The van der Waals surface area contributed by atoms with Gasteiger partial charge in [0.1, 0.15) is 0 Å². The molecule has 0 bridgehead atoms. The molecule has 0 aromatic heterocycles. The van der Waals surface area contributed by atoms with Crippen LogP contribution in [0.4, 0.5) is 0 Å². The molecular weight excluding hydrogens is 362 g/mol. The zero-order chi connectivity index (χ0) is 20.0. The first-order valence-corrected chi connectivity index (χ1v) is 10.5. The minimum atomic E-state index is -0.328. The van der Waals surface area contributed by atoms with Gasteiger partial charge in [0.05, 0.1) is 6.54 Å². The lowest BCUT2D eigenvalue weighted by molar-refractivity contribution is -0.140. The number of nitrogens with zero attached hydrogens (tertiary/aromatic N) is 2. The molecule has 0 aromatic rings. The van der Waals surface area contributed by atoms with Crippen molar-refractivity contribution in [2.24, 2.45) is 5.92 Å². The number of amides is 3. The second kappa shape index (κ2) is 9.69. The van der Waals surface area contributed by atoms with E-state index in [0.717, 1.165) is 25.7 Å². The first-order valence-electron chi connectivity index (χ1n) is 10.5. The van der Waals surface area contributed by atoms with Crippen LogP contribution < -0.4 is 5.32 Å². The third-order valence-electron chi connectivity index (χ3n) is 6.34. The summed E-state index contributed by atoms with van der Waals surface area (Å²) in [5.41, 5.74) is -0.328. The normalized spacial score (nSPS) is 23.1. The molecule has 0 aromatic carbocycles. The van der Waals surface area contributed by atoms with Crippen LogP contribution in [0, 0.1) is 5.92 Å². The summed E-state index contributed by atoms with van der Waals surface area (Å²) in [6.07, 6.45) is 5.08. The van der Waals surface area contributed by atoms with Crippen LogP contribution >= 0.6 is 0 Å². The molecule has 8 nitrogen and oxygen atoms in total. The molecule has 1 N–H and O–H groups in total. The van der Waals surface area contributed by atoms with Crippen molar-refractivity contribution >= 4 is 17.7 Å². The Morgan fingerprint density at radius 1 is 1.21 bits per heavy atom. The number of nitrogens with one attached hydrogen (secondary N) is 1. The molecule has 0 atom stereocenters. The van der Waals surface area contributed by atoms with Gasteiger partial charge in [-0.25, -0.2) is 0 Å². The van der Waals surface area contributed by atoms with E-state index in [0.29, 0.717) is 58.7 Å². The second-order valence-electron chi connectivity index (χ2n) is 8.20. The van der Waals surface area contributed by atoms with Crippen LogP contribution in [0.25, 0.3) is 0 Å². The number of likely N-dealkylation sites (tertiary alicyclic amines) is 2. The summed E-state index contributed by atoms with van der Waals surface area (Å²) < 4.78 is 10.6. The van der Waals surface area contributed by atoms with Gasteiger partial charge in [-0.15, -0.1) is 0 Å². The summed E-state index contributed by atoms with van der Waals surface area (Å²) in [7, 11) is 1.67. The zero-order valence-corrected chi connectivity index (χ0v) is 16.9. The third kappa shape index (κ3) is 5.23. The maximum absolute atomic E-state index is 12.8. The van der Waals surface area contributed by atoms with E-state index in [1.165, 1.54) is 0 Å². The highest BCUT2D eigenvalue weighted by Gasteiger charge is 2.39. The van der Waals surface area contributed by atoms with Crippen molar-refractivity contribution in [3.8, 4) is 0 Å². The van der Waals surface area contributed by atoms with Crippen LogP contribution in [0.15, 0.2) is 0 Å². The standard InChI is InChI=1S/C20H33N3O5/c1-27-14-8-20(21-19(26)16-4-12-28-13-5-16)6-10-22(11-7-20)18(25)15-23-9-2-3-17(23)24/h16H,2-15H2,1H3,(H,21,26). The Hall–Kier alpha value is -1.67. The quantitative estimate of drug-likeness (QED) is 0.680. The fourth-order valence-electron chi connectivity index (χ4n) is 4.38. The molecule has 3 rings (SSSR count). The Balaban J connectivity index is 1.55. The smallest absolute Gasteiger partial charge is 0.242 e. The van der Waals surface area contributed by atoms with E-state index in [9.17, 15) is 14.4 Å². The maximum Gasteiger partial charge on any atom is 0.242 e. The molecule has 0 saturated carbocycles. The predicted molar refractivity (Wildman–Crippen MR) is 103 cm³/mol. The van der Waals surface area contributed by atoms with Gasteiger partial charge in [0.25, 0.3) is 0 Å². The lowest BCUT2D eigenvalue weighted by Crippen LogP contribution is -2.58. The Bertz CT molecular complexity index is 568. The molecule has 3 aliphatic rings. The number of methoxy groups -OCH3 is 1. The molecule has 0 radical (unpaired) electrons. The minimum Gasteiger partial charge on any atom is -0.385 e. The molecule has 3 amide bonds. The van der Waals surface area contributed by atoms with Gasteiger partial charge in [0.15, 0.2) is 0 Å². The first kappa shape index (κ1) is 21.0. The average Bonchev–Trinajstić information content (AvgIpc) is 3.12. The molecule has 28 heavy (non-hydrogen) atoms. The van der Waals surface area contributed by atoms with Crippen LogP contribution in [-0.4, -0.2) is 86.2 Å². The fourth-order valence-corrected chi connectivity index (χ4v) is 4.38. The second-order valence-corrected chi connectivity index (χ2v) is 8.20. The lowest BCUT2D eigenvalue weighted by Gasteiger charge is -2.43. The van der Waals surface area contributed by atoms with Crippen molar-refractivity contribution in [2.75, 3.05) is 53.1 Å². The van der Waals surface area contributed by atoms with Crippen LogP contribution in [-0.2, 0) is 23.9 Å². The van der Waals surface area contributed by atoms with E-state index in [4.69, 9.17) is 9.47 Å². The number of carbonyl (C=O) groups is 3. The Labute approximate surface area is 166 Å². The van der Waals surface area contributed by atoms with Crippen LogP contribution in [0.5, 0.6) is 0 Å². The number of rotatable bonds is 7. The van der Waals surface area contributed by atoms with Crippen molar-refractivity contribution in [2.45, 2.75) is 50.5 Å². The maximum atomic E-state index is 12.8. The van der Waals surface area contributed by atoms with E-state index in [1.54, 1.807) is 12.0 Å². The lowest BCUT2D eigenvalue weighted by atomic mass is 9.83. The van der Waals surface area contributed by atoms with Gasteiger partial charge in [-0.2, -0.15) is 0 Å². The highest BCUT2D eigenvalue weighted by atomic mass is 16.5. The predicted octanol–water partition coefficient (Wildman–Crippen LogP) is 0.549. The van der Waals surface area contributed by atoms with Gasteiger partial charge in [0, 0.05) is 64.4 Å². The van der Waals surface area contributed by atoms with E-state index >= 15 is 0 Å². The highest BCUT2D eigenvalue weighted by Crippen LogP contribution is 2.28. The van der Waals surface area contributed by atoms with Gasteiger partial charge in [0.2, 0.25) is 17.7 Å². The van der Waals surface area contributed by atoms with Gasteiger partial charge >= 0.3 is 0 Å². The van der Waals surface area contributed by atoms with E-state index in [1.807, 2.05) is 4.90 Å². The highest BCUT2D eigenvalue weighted by molar-refractivity contribution is 5.86. The summed E-state index contributed by atoms with van der Waals surface area (Å²) in [6, 6.07) is 0. The number of hydrogen-bond acceptors (Lipinski definition) is 5. The average molecular weight is 396 g/mol. The van der Waals surface area contributed by atoms with E-state index in [2.05, 4.69) is 5.32 Å². The number of ether oxygens (including phenoxy) is 2. The summed E-state index contributed by atoms with van der Waals surface area (Å²) in [5.74, 6) is 0.186. The molecule has 3 aliphatic heterocycles. The number of piperidine rings is 1. The molecule has 3 fully saturated rings. The summed E-state index contributed by atoms with van der Waals surface area (Å²) in [6.45, 7) is 3.90. The molecule has 3 heterocycles. The molecule has 3 saturated heterocycles. The van der Waals surface area contributed by atoms with Crippen molar-refractivity contribution in [3.05, 3.63) is 0 Å². The number of hydrogen-bond donors (Lipinski definition) is 1. The van der Waals surface area contributed by atoms with Crippen molar-refractivity contribution in [1.82, 2.24) is 15.1 Å². The van der Waals surface area contributed by atoms with Gasteiger partial charge in [-0.1, -0.05) is 0 Å². The Morgan fingerprint density at radius 3 is 2.54 bits per heavy atom. The van der Waals surface area contributed by atoms with Gasteiger partial charge in [-0.3, -0.25) is 14.4 Å². The molecular formula is C20H33N3O5. The fraction of sp³-hybridized carbons (Fsp3) is 0.850. The molecule has 0 unspecified atom stereocenters. The van der Waals surface area contributed by atoms with Gasteiger partial charge < -0.3 is 24.6 Å². The van der Waals surface area contributed by atoms with Crippen LogP contribution in [0.3, 0.4) is 0 Å². The first-order chi connectivity index (χ1) is 13.5. The molecule has 0 spiro atoms. The van der Waals surface area contributed by atoms with Gasteiger partial charge in [-0.05, 0) is 38.5 Å². The third-order valence-corrected chi connectivity index (χ3v) is 6.34. The monoisotopic (exact) mass is 395 g/mol. The van der Waals surface area contributed by atoms with Crippen LogP contribution in [0.1, 0.15) is 44.9 Å². The van der Waals surface area contributed by atoms with E-state index < -0.39 is 0 Å². The SMILES string of the molecule is COCCC1(NC(=O)C2CCOCC2)CCN(C(=O)CN2CCCC2=O)CC1. The van der Waals surface area contributed by atoms with Crippen molar-refractivity contribution in [1.29, 1.82) is 0 Å². The molecule has 158 valence electrons. The number of carbonyl (C=O) groups excluding carboxylic acids is 3. The summed E-state index contributed by atoms with van der Waals surface area (Å²) >= 11 is 0. The minimum absolute atomic E-state index is 0.00588.